The number of hydrogen-bond donors (Lipinski definition) is 0. The smallest absolute Gasteiger partial charge is 0.100 e. The van der Waals surface area contributed by atoms with Crippen molar-refractivity contribution in [2.45, 2.75) is 103 Å². The first kappa shape index (κ1) is 43.8. The van der Waals surface area contributed by atoms with Gasteiger partial charge in [-0.25, -0.2) is 0 Å². The number of nitrogens with zero attached hydrogens (tertiary/aromatic N) is 3. The maximum absolute atomic E-state index is 10.5. The second-order valence-electron chi connectivity index (χ2n) is 20.3. The van der Waals surface area contributed by atoms with Crippen molar-refractivity contribution in [3.63, 3.8) is 0 Å². The third-order valence-corrected chi connectivity index (χ3v) is 15.8. The molecule has 0 radical (unpaired) electrons. The summed E-state index contributed by atoms with van der Waals surface area (Å²) >= 11 is 0. The van der Waals surface area contributed by atoms with E-state index in [4.69, 9.17) is 0 Å². The number of anilines is 6. The monoisotopic (exact) mass is 907 g/mol. The van der Waals surface area contributed by atoms with Gasteiger partial charge in [-0.05, 0) is 254 Å². The van der Waals surface area contributed by atoms with Crippen LogP contribution in [-0.4, -0.2) is 0 Å². The fourth-order valence-electron chi connectivity index (χ4n) is 11.9. The van der Waals surface area contributed by atoms with Gasteiger partial charge < -0.3 is 9.80 Å². The quantitative estimate of drug-likeness (QED) is 0.128. The summed E-state index contributed by atoms with van der Waals surface area (Å²) in [6.45, 7) is 0. The summed E-state index contributed by atoms with van der Waals surface area (Å²) in [7, 11) is 0. The van der Waals surface area contributed by atoms with Crippen molar-refractivity contribution in [1.82, 2.24) is 0 Å². The molecule has 8 aromatic carbocycles. The lowest BCUT2D eigenvalue weighted by molar-refractivity contribution is 0.685. The van der Waals surface area contributed by atoms with E-state index in [-0.39, 0.29) is 0 Å². The molecule has 4 aliphatic carbocycles. The number of nitriles is 1. The van der Waals surface area contributed by atoms with Gasteiger partial charge in [-0.3, -0.25) is 0 Å². The molecule has 4 aliphatic rings. The number of benzene rings is 8. The molecule has 0 N–H and O–H groups in total. The van der Waals surface area contributed by atoms with E-state index in [1.807, 2.05) is 0 Å². The zero-order valence-corrected chi connectivity index (χ0v) is 40.4. The molecule has 0 fully saturated rings. The molecule has 0 spiro atoms. The average molecular weight is 908 g/mol. The van der Waals surface area contributed by atoms with Crippen LogP contribution in [0.4, 0.5) is 34.1 Å². The molecule has 12 rings (SSSR count). The van der Waals surface area contributed by atoms with Gasteiger partial charge in [-0.15, -0.1) is 0 Å². The molecule has 0 saturated heterocycles. The van der Waals surface area contributed by atoms with Crippen LogP contribution in [0.2, 0.25) is 0 Å². The third-order valence-electron chi connectivity index (χ3n) is 15.8. The largest absolute Gasteiger partial charge is 0.310 e. The number of fused-ring (bicyclic) bond motifs is 5. The van der Waals surface area contributed by atoms with Crippen molar-refractivity contribution in [2.24, 2.45) is 0 Å². The van der Waals surface area contributed by atoms with Gasteiger partial charge in [0.2, 0.25) is 0 Å². The van der Waals surface area contributed by atoms with Crippen LogP contribution < -0.4 is 9.80 Å². The van der Waals surface area contributed by atoms with Crippen molar-refractivity contribution >= 4 is 69.2 Å². The lowest BCUT2D eigenvalue weighted by Gasteiger charge is -2.29. The first-order valence-corrected chi connectivity index (χ1v) is 26.2. The molecule has 344 valence electrons. The van der Waals surface area contributed by atoms with E-state index in [0.29, 0.717) is 5.56 Å². The predicted octanol–water partition coefficient (Wildman–Crippen LogP) is 17.5. The van der Waals surface area contributed by atoms with Crippen LogP contribution in [0.15, 0.2) is 152 Å². The molecule has 0 amide bonds. The Bertz CT molecular complexity index is 3230. The summed E-state index contributed by atoms with van der Waals surface area (Å²) < 4.78 is 0. The Morgan fingerprint density at radius 1 is 0.314 bits per heavy atom. The summed E-state index contributed by atoms with van der Waals surface area (Å²) in [6, 6.07) is 59.6. The van der Waals surface area contributed by atoms with E-state index in [1.54, 1.807) is 0 Å². The Morgan fingerprint density at radius 2 is 0.657 bits per heavy atom. The van der Waals surface area contributed by atoms with Crippen molar-refractivity contribution in [1.29, 1.82) is 5.26 Å². The standard InChI is InChI=1S/C67H61N3/c68-46-67-54(25-19-48-22-34-61(35-23-48)70(64-38-30-52-11-3-7-15-57(52)44-64)65-39-31-53-12-4-8-16-58(53)45-65)26-27-59-41-49(24-40-66(59)67)18-17-47-20-32-60(33-21-47)69(62-36-28-50-9-1-5-13-55(50)42-62)63-37-29-51-10-2-6-14-56(51)43-63/h17-45H,1-16H2. The molecule has 70 heavy (non-hydrogen) atoms. The van der Waals surface area contributed by atoms with Gasteiger partial charge >= 0.3 is 0 Å². The summed E-state index contributed by atoms with van der Waals surface area (Å²) in [5, 5.41) is 12.5. The minimum atomic E-state index is 0.699. The van der Waals surface area contributed by atoms with Crippen LogP contribution in [0.3, 0.4) is 0 Å². The molecule has 0 heterocycles. The highest BCUT2D eigenvalue weighted by molar-refractivity contribution is 5.94. The van der Waals surface area contributed by atoms with E-state index in [1.165, 1.54) is 150 Å². The molecular formula is C67H61N3. The molecule has 8 aromatic rings. The van der Waals surface area contributed by atoms with Gasteiger partial charge in [0.05, 0.1) is 5.56 Å². The van der Waals surface area contributed by atoms with E-state index in [2.05, 4.69) is 192 Å². The van der Waals surface area contributed by atoms with Crippen molar-refractivity contribution in [3.8, 4) is 6.07 Å². The minimum Gasteiger partial charge on any atom is -0.310 e. The van der Waals surface area contributed by atoms with Gasteiger partial charge in [0, 0.05) is 39.5 Å². The molecular weight excluding hydrogens is 847 g/mol. The summed E-state index contributed by atoms with van der Waals surface area (Å²) in [6.07, 6.45) is 28.2. The molecule has 0 aromatic heterocycles. The summed E-state index contributed by atoms with van der Waals surface area (Å²) in [5.41, 5.74) is 24.3. The highest BCUT2D eigenvalue weighted by Crippen LogP contribution is 2.41. The highest BCUT2D eigenvalue weighted by atomic mass is 15.1. The van der Waals surface area contributed by atoms with E-state index in [0.717, 1.165) is 64.4 Å². The number of aryl methyl sites for hydroxylation is 8. The lowest BCUT2D eigenvalue weighted by Crippen LogP contribution is -2.13. The fraction of sp³-hybridized carbons (Fsp3) is 0.239. The van der Waals surface area contributed by atoms with Crippen LogP contribution in [-0.2, 0) is 51.4 Å². The van der Waals surface area contributed by atoms with Gasteiger partial charge in [-0.1, -0.05) is 97.1 Å². The van der Waals surface area contributed by atoms with E-state index >= 15 is 0 Å². The molecule has 0 atom stereocenters. The SMILES string of the molecule is N#Cc1c(C=Cc2ccc(N(c3ccc4c(c3)CCCC4)c3ccc4c(c3)CCCC4)cc2)ccc2cc(C=Cc3ccc(N(c4ccc5c(c4)CCCC5)c4ccc5c(c4)CCCC5)cc3)ccc12. The maximum Gasteiger partial charge on any atom is 0.100 e. The second-order valence-corrected chi connectivity index (χ2v) is 20.3. The third kappa shape index (κ3) is 9.00. The molecule has 0 saturated carbocycles. The minimum absolute atomic E-state index is 0.699. The maximum atomic E-state index is 10.5. The van der Waals surface area contributed by atoms with Crippen LogP contribution in [0.5, 0.6) is 0 Å². The zero-order valence-electron chi connectivity index (χ0n) is 40.4. The Morgan fingerprint density at radius 3 is 1.06 bits per heavy atom. The van der Waals surface area contributed by atoms with Crippen LogP contribution in [0, 0.1) is 11.3 Å². The second kappa shape index (κ2) is 19.5. The van der Waals surface area contributed by atoms with Gasteiger partial charge in [-0.2, -0.15) is 5.26 Å². The Kier molecular flexibility index (Phi) is 12.2. The van der Waals surface area contributed by atoms with Crippen LogP contribution in [0.25, 0.3) is 35.1 Å². The zero-order chi connectivity index (χ0) is 46.8. The van der Waals surface area contributed by atoms with Crippen LogP contribution >= 0.6 is 0 Å². The molecule has 3 nitrogen and oxygen atoms in total. The number of rotatable bonds is 10. The first-order chi connectivity index (χ1) is 34.6. The van der Waals surface area contributed by atoms with Gasteiger partial charge in [0.25, 0.3) is 0 Å². The van der Waals surface area contributed by atoms with E-state index in [9.17, 15) is 5.26 Å². The summed E-state index contributed by atoms with van der Waals surface area (Å²) in [4.78, 5) is 4.89. The van der Waals surface area contributed by atoms with Gasteiger partial charge in [0.15, 0.2) is 0 Å². The first-order valence-electron chi connectivity index (χ1n) is 26.2. The molecule has 3 heteroatoms. The average Bonchev–Trinajstić information content (AvgIpc) is 3.42. The fourth-order valence-corrected chi connectivity index (χ4v) is 11.9. The Labute approximate surface area is 415 Å². The lowest BCUT2D eigenvalue weighted by atomic mass is 9.90. The Hall–Kier alpha value is -7.41. The number of hydrogen-bond acceptors (Lipinski definition) is 3. The van der Waals surface area contributed by atoms with Crippen molar-refractivity contribution in [2.75, 3.05) is 9.80 Å². The van der Waals surface area contributed by atoms with Crippen LogP contribution in [0.1, 0.15) is 124 Å². The Balaban J connectivity index is 0.774. The highest BCUT2D eigenvalue weighted by Gasteiger charge is 2.21. The molecule has 0 unspecified atom stereocenters. The topological polar surface area (TPSA) is 30.3 Å². The van der Waals surface area contributed by atoms with Crippen molar-refractivity contribution in [3.05, 3.63) is 224 Å². The van der Waals surface area contributed by atoms with Gasteiger partial charge in [0.1, 0.15) is 6.07 Å². The molecule has 0 aliphatic heterocycles. The predicted molar refractivity (Wildman–Crippen MR) is 295 cm³/mol. The van der Waals surface area contributed by atoms with Crippen molar-refractivity contribution < 1.29 is 0 Å². The molecule has 0 bridgehead atoms. The summed E-state index contributed by atoms with van der Waals surface area (Å²) in [5.74, 6) is 0. The normalized spacial score (nSPS) is 15.2. The van der Waals surface area contributed by atoms with E-state index < -0.39 is 0 Å².